The van der Waals surface area contributed by atoms with Crippen LogP contribution < -0.4 is 5.73 Å². The Kier molecular flexibility index (Phi) is 6.67. The fourth-order valence-corrected chi connectivity index (χ4v) is 3.64. The first-order valence-electron chi connectivity index (χ1n) is 5.94. The van der Waals surface area contributed by atoms with Gasteiger partial charge in [0.05, 0.1) is 17.2 Å². The molecule has 2 N–H and O–H groups in total. The predicted octanol–water partition coefficient (Wildman–Crippen LogP) is 2.71. The van der Waals surface area contributed by atoms with Crippen molar-refractivity contribution in [3.05, 3.63) is 34.1 Å². The molecule has 2 aromatic rings. The van der Waals surface area contributed by atoms with Gasteiger partial charge in [-0.2, -0.15) is 0 Å². The van der Waals surface area contributed by atoms with E-state index < -0.39 is 0 Å². The van der Waals surface area contributed by atoms with Crippen molar-refractivity contribution in [3.8, 4) is 0 Å². The van der Waals surface area contributed by atoms with Crippen molar-refractivity contribution in [2.24, 2.45) is 5.73 Å². The molecule has 0 unspecified atom stereocenters. The van der Waals surface area contributed by atoms with Crippen LogP contribution in [0, 0.1) is 13.8 Å². The van der Waals surface area contributed by atoms with E-state index in [9.17, 15) is 0 Å². The van der Waals surface area contributed by atoms with Crippen molar-refractivity contribution in [1.82, 2.24) is 19.7 Å². The highest BCUT2D eigenvalue weighted by molar-refractivity contribution is 7.98. The molecule has 20 heavy (non-hydrogen) atoms. The molecule has 8 heteroatoms. The SMILES string of the molecule is C=CCn1c(CN)nnc1SCc1nc(C)sc1C.Cl. The molecule has 0 aliphatic carbocycles. The summed E-state index contributed by atoms with van der Waals surface area (Å²) in [6.07, 6.45) is 1.82. The Hall–Kier alpha value is -0.890. The van der Waals surface area contributed by atoms with Crippen LogP contribution in [0.3, 0.4) is 0 Å². The van der Waals surface area contributed by atoms with E-state index in [4.69, 9.17) is 5.73 Å². The standard InChI is InChI=1S/C12H17N5S2.ClH/c1-4-5-17-11(6-13)15-16-12(17)18-7-10-8(2)19-9(3)14-10;/h4H,1,5-7,13H2,2-3H3;1H. The molecular formula is C12H18ClN5S2. The minimum absolute atomic E-state index is 0. The van der Waals surface area contributed by atoms with Gasteiger partial charge in [-0.3, -0.25) is 0 Å². The molecule has 0 aromatic carbocycles. The minimum atomic E-state index is 0. The van der Waals surface area contributed by atoms with E-state index in [1.807, 2.05) is 17.6 Å². The van der Waals surface area contributed by atoms with E-state index in [1.165, 1.54) is 4.88 Å². The van der Waals surface area contributed by atoms with Gasteiger partial charge in [-0.25, -0.2) is 4.98 Å². The molecule has 5 nitrogen and oxygen atoms in total. The number of hydrogen-bond donors (Lipinski definition) is 1. The Morgan fingerprint density at radius 2 is 2.15 bits per heavy atom. The highest BCUT2D eigenvalue weighted by Crippen LogP contribution is 2.25. The average Bonchev–Trinajstić information content (AvgIpc) is 2.91. The number of halogens is 1. The van der Waals surface area contributed by atoms with E-state index >= 15 is 0 Å². The van der Waals surface area contributed by atoms with Crippen LogP contribution in [0.1, 0.15) is 21.4 Å². The second-order valence-corrected chi connectivity index (χ2v) is 6.38. The number of allylic oxidation sites excluding steroid dienone is 1. The summed E-state index contributed by atoms with van der Waals surface area (Å²) in [6, 6.07) is 0. The van der Waals surface area contributed by atoms with Crippen LogP contribution in [-0.4, -0.2) is 19.7 Å². The Bertz CT molecular complexity index is 578. The zero-order chi connectivity index (χ0) is 13.8. The van der Waals surface area contributed by atoms with Gasteiger partial charge in [-0.1, -0.05) is 17.8 Å². The molecule has 2 heterocycles. The number of nitrogens with zero attached hydrogens (tertiary/aromatic N) is 4. The van der Waals surface area contributed by atoms with Crippen molar-refractivity contribution in [3.63, 3.8) is 0 Å². The molecule has 0 radical (unpaired) electrons. The van der Waals surface area contributed by atoms with Crippen LogP contribution >= 0.6 is 35.5 Å². The third-order valence-corrected chi connectivity index (χ3v) is 4.53. The quantitative estimate of drug-likeness (QED) is 0.651. The smallest absolute Gasteiger partial charge is 0.191 e. The Balaban J connectivity index is 0.00000200. The molecule has 2 rings (SSSR count). The van der Waals surface area contributed by atoms with Gasteiger partial charge in [0.1, 0.15) is 5.82 Å². The summed E-state index contributed by atoms with van der Waals surface area (Å²) >= 11 is 3.36. The van der Waals surface area contributed by atoms with Gasteiger partial charge in [-0.05, 0) is 13.8 Å². The van der Waals surface area contributed by atoms with E-state index in [0.29, 0.717) is 13.1 Å². The number of aryl methyl sites for hydroxylation is 2. The van der Waals surface area contributed by atoms with Crippen LogP contribution in [-0.2, 0) is 18.8 Å². The zero-order valence-electron chi connectivity index (χ0n) is 11.5. The number of nitrogens with two attached hydrogens (primary N) is 1. The fraction of sp³-hybridized carbons (Fsp3) is 0.417. The Morgan fingerprint density at radius 1 is 1.40 bits per heavy atom. The Labute approximate surface area is 133 Å². The van der Waals surface area contributed by atoms with Gasteiger partial charge in [0, 0.05) is 17.2 Å². The largest absolute Gasteiger partial charge is 0.324 e. The summed E-state index contributed by atoms with van der Waals surface area (Å²) in [5, 5.41) is 10.2. The third-order valence-electron chi connectivity index (χ3n) is 2.63. The first-order valence-corrected chi connectivity index (χ1v) is 7.74. The highest BCUT2D eigenvalue weighted by atomic mass is 35.5. The van der Waals surface area contributed by atoms with E-state index in [0.717, 1.165) is 27.4 Å². The van der Waals surface area contributed by atoms with Gasteiger partial charge < -0.3 is 10.3 Å². The fourth-order valence-electron chi connectivity index (χ4n) is 1.73. The van der Waals surface area contributed by atoms with E-state index in [2.05, 4.69) is 28.7 Å². The van der Waals surface area contributed by atoms with Crippen LogP contribution in [0.15, 0.2) is 17.8 Å². The maximum absolute atomic E-state index is 5.65. The third kappa shape index (κ3) is 3.82. The van der Waals surface area contributed by atoms with Gasteiger partial charge >= 0.3 is 0 Å². The lowest BCUT2D eigenvalue weighted by Gasteiger charge is -2.05. The van der Waals surface area contributed by atoms with Crippen molar-refractivity contribution < 1.29 is 0 Å². The average molecular weight is 332 g/mol. The van der Waals surface area contributed by atoms with Crippen LogP contribution in [0.25, 0.3) is 0 Å². The molecule has 0 aliphatic heterocycles. The molecule has 0 atom stereocenters. The Morgan fingerprint density at radius 3 is 2.70 bits per heavy atom. The maximum Gasteiger partial charge on any atom is 0.191 e. The minimum Gasteiger partial charge on any atom is -0.324 e. The molecule has 0 spiro atoms. The molecule has 0 aliphatic rings. The predicted molar refractivity (Wildman–Crippen MR) is 86.5 cm³/mol. The zero-order valence-corrected chi connectivity index (χ0v) is 13.9. The summed E-state index contributed by atoms with van der Waals surface area (Å²) in [6.45, 7) is 8.94. The highest BCUT2D eigenvalue weighted by Gasteiger charge is 2.12. The topological polar surface area (TPSA) is 69.6 Å². The summed E-state index contributed by atoms with van der Waals surface area (Å²) in [5.41, 5.74) is 6.77. The lowest BCUT2D eigenvalue weighted by Crippen LogP contribution is -2.08. The number of thiazole rings is 1. The summed E-state index contributed by atoms with van der Waals surface area (Å²) < 4.78 is 1.99. The first kappa shape index (κ1) is 17.2. The molecule has 0 amide bonds. The molecule has 110 valence electrons. The first-order chi connectivity index (χ1) is 9.15. The molecule has 0 saturated heterocycles. The summed E-state index contributed by atoms with van der Waals surface area (Å²) in [5.74, 6) is 1.59. The van der Waals surface area contributed by atoms with Crippen molar-refractivity contribution in [1.29, 1.82) is 0 Å². The van der Waals surface area contributed by atoms with Crippen molar-refractivity contribution >= 4 is 35.5 Å². The number of hydrogen-bond acceptors (Lipinski definition) is 6. The van der Waals surface area contributed by atoms with Crippen molar-refractivity contribution in [2.75, 3.05) is 0 Å². The van der Waals surface area contributed by atoms with Crippen LogP contribution in [0.4, 0.5) is 0 Å². The molecule has 2 aromatic heterocycles. The second kappa shape index (κ2) is 7.78. The molecule has 0 saturated carbocycles. The number of thioether (sulfide) groups is 1. The number of aromatic nitrogens is 4. The molecule has 0 bridgehead atoms. The van der Waals surface area contributed by atoms with Crippen LogP contribution in [0.5, 0.6) is 0 Å². The lowest BCUT2D eigenvalue weighted by atomic mass is 10.4. The summed E-state index contributed by atoms with van der Waals surface area (Å²) in [7, 11) is 0. The van der Waals surface area contributed by atoms with Gasteiger partial charge in [0.15, 0.2) is 5.16 Å². The van der Waals surface area contributed by atoms with Crippen molar-refractivity contribution in [2.45, 2.75) is 37.8 Å². The van der Waals surface area contributed by atoms with Gasteiger partial charge in [0.2, 0.25) is 0 Å². The maximum atomic E-state index is 5.65. The number of rotatable bonds is 6. The van der Waals surface area contributed by atoms with Gasteiger partial charge in [-0.15, -0.1) is 40.5 Å². The van der Waals surface area contributed by atoms with Crippen LogP contribution in [0.2, 0.25) is 0 Å². The summed E-state index contributed by atoms with van der Waals surface area (Å²) in [4.78, 5) is 5.79. The molecular weight excluding hydrogens is 314 g/mol. The second-order valence-electron chi connectivity index (χ2n) is 4.03. The molecule has 0 fully saturated rings. The van der Waals surface area contributed by atoms with E-state index in [1.54, 1.807) is 23.1 Å². The normalized spacial score (nSPS) is 10.3. The lowest BCUT2D eigenvalue weighted by molar-refractivity contribution is 0.680. The van der Waals surface area contributed by atoms with E-state index in [-0.39, 0.29) is 12.4 Å². The monoisotopic (exact) mass is 331 g/mol. The van der Waals surface area contributed by atoms with Gasteiger partial charge in [0.25, 0.3) is 0 Å².